The van der Waals surface area contributed by atoms with E-state index in [0.717, 1.165) is 36.0 Å². The molecular weight excluding hydrogens is 444 g/mol. The molecule has 2 aliphatic rings. The summed E-state index contributed by atoms with van der Waals surface area (Å²) in [5.41, 5.74) is 4.47. The van der Waals surface area contributed by atoms with Crippen LogP contribution < -0.4 is 19.9 Å². The Hall–Kier alpha value is -3.44. The fourth-order valence-corrected chi connectivity index (χ4v) is 5.31. The number of nitrogens with two attached hydrogens (primary N) is 1. The molecule has 0 radical (unpaired) electrons. The predicted octanol–water partition coefficient (Wildman–Crippen LogP) is 3.16. The lowest BCUT2D eigenvalue weighted by Gasteiger charge is -2.16. The van der Waals surface area contributed by atoms with Crippen molar-refractivity contribution < 1.29 is 18.5 Å². The van der Waals surface area contributed by atoms with E-state index in [2.05, 4.69) is 25.8 Å². The standard InChI is InChI=1S/C22H24N6O4S/c1-13-12-28-21(32-13)18(11-25-28)33(23,30)27-22(29)26-20-16-5-3-4-14(16)6-7-17(20)15-8-9-24-19(10-15)31-2/h6-11,13H,3-5,12H2,1-2H3,(H3,23,26,27,29,30)/t13?,33-/m1/s1. The van der Waals surface area contributed by atoms with Crippen molar-refractivity contribution in [1.82, 2.24) is 14.8 Å². The van der Waals surface area contributed by atoms with E-state index >= 15 is 0 Å². The first kappa shape index (κ1) is 21.4. The highest BCUT2D eigenvalue weighted by atomic mass is 32.2. The maximum Gasteiger partial charge on any atom is 0.354 e. The molecule has 1 aliphatic heterocycles. The van der Waals surface area contributed by atoms with E-state index in [4.69, 9.17) is 14.6 Å². The number of hydrogen-bond donors (Lipinski definition) is 2. The molecule has 0 bridgehead atoms. The molecular formula is C22H24N6O4S. The van der Waals surface area contributed by atoms with Gasteiger partial charge in [0.05, 0.1) is 25.5 Å². The number of aryl methyl sites for hydroxylation is 1. The third-order valence-corrected chi connectivity index (χ3v) is 7.15. The molecule has 11 heteroatoms. The normalized spacial score (nSPS) is 18.1. The summed E-state index contributed by atoms with van der Waals surface area (Å²) >= 11 is 0. The van der Waals surface area contributed by atoms with E-state index in [1.807, 2.05) is 19.1 Å². The molecule has 0 saturated heterocycles. The summed E-state index contributed by atoms with van der Waals surface area (Å²) < 4.78 is 29.5. The summed E-state index contributed by atoms with van der Waals surface area (Å²) in [7, 11) is -2.01. The molecule has 0 fully saturated rings. The number of urea groups is 1. The number of carbonyl (C=O) groups is 1. The molecule has 5 rings (SSSR count). The molecule has 1 unspecified atom stereocenters. The molecule has 0 spiro atoms. The van der Waals surface area contributed by atoms with Crippen LogP contribution in [0.2, 0.25) is 0 Å². The van der Waals surface area contributed by atoms with E-state index in [-0.39, 0.29) is 16.9 Å². The Morgan fingerprint density at radius 2 is 2.21 bits per heavy atom. The summed E-state index contributed by atoms with van der Waals surface area (Å²) in [5.74, 6) is 0.751. The molecule has 0 saturated carbocycles. The second-order valence-electron chi connectivity index (χ2n) is 8.08. The number of rotatable bonds is 4. The molecule has 10 nitrogen and oxygen atoms in total. The second-order valence-corrected chi connectivity index (χ2v) is 9.84. The molecule has 1 aromatic carbocycles. The number of methoxy groups -OCH3 is 1. The molecule has 2 amide bonds. The summed E-state index contributed by atoms with van der Waals surface area (Å²) in [5, 5.41) is 13.0. The highest BCUT2D eigenvalue weighted by Crippen LogP contribution is 2.38. The number of anilines is 1. The lowest BCUT2D eigenvalue weighted by Crippen LogP contribution is -2.19. The van der Waals surface area contributed by atoms with Gasteiger partial charge in [-0.3, -0.25) is 0 Å². The van der Waals surface area contributed by atoms with Crippen molar-refractivity contribution in [2.75, 3.05) is 12.4 Å². The molecule has 3 heterocycles. The fraction of sp³-hybridized carbons (Fsp3) is 0.318. The Morgan fingerprint density at radius 1 is 1.36 bits per heavy atom. The topological polar surface area (TPSA) is 134 Å². The summed E-state index contributed by atoms with van der Waals surface area (Å²) in [6.07, 6.45) is 5.61. The van der Waals surface area contributed by atoms with Gasteiger partial charge in [-0.1, -0.05) is 12.1 Å². The zero-order valence-corrected chi connectivity index (χ0v) is 19.1. The van der Waals surface area contributed by atoms with Crippen LogP contribution in [0.15, 0.2) is 45.9 Å². The molecule has 2 aromatic heterocycles. The van der Waals surface area contributed by atoms with Crippen molar-refractivity contribution in [2.24, 2.45) is 9.50 Å². The van der Waals surface area contributed by atoms with Crippen molar-refractivity contribution in [3.8, 4) is 22.9 Å². The van der Waals surface area contributed by atoms with Crippen LogP contribution in [0.1, 0.15) is 24.5 Å². The van der Waals surface area contributed by atoms with Gasteiger partial charge in [-0.2, -0.15) is 5.10 Å². The summed E-state index contributed by atoms with van der Waals surface area (Å²) in [4.78, 5) is 17.2. The zero-order chi connectivity index (χ0) is 23.2. The SMILES string of the molecule is COc1cc(-c2ccc3c(c2NC(=O)N=[S@@](N)(=O)c2cnn4c2OC(C)C4)CCC3)ccn1. The minimum atomic E-state index is -3.56. The number of aromatic nitrogens is 3. The Balaban J connectivity index is 1.52. The van der Waals surface area contributed by atoms with Gasteiger partial charge in [0.15, 0.2) is 9.92 Å². The van der Waals surface area contributed by atoms with Gasteiger partial charge in [0, 0.05) is 17.8 Å². The van der Waals surface area contributed by atoms with Crippen LogP contribution in [0.5, 0.6) is 11.8 Å². The van der Waals surface area contributed by atoms with Crippen LogP contribution in [0.25, 0.3) is 11.1 Å². The van der Waals surface area contributed by atoms with Crippen molar-refractivity contribution in [1.29, 1.82) is 0 Å². The van der Waals surface area contributed by atoms with Gasteiger partial charge in [0.2, 0.25) is 11.8 Å². The Morgan fingerprint density at radius 3 is 3.03 bits per heavy atom. The first-order chi connectivity index (χ1) is 15.9. The molecule has 1 aliphatic carbocycles. The number of pyridine rings is 1. The summed E-state index contributed by atoms with van der Waals surface area (Å²) in [6, 6.07) is 6.86. The van der Waals surface area contributed by atoms with Crippen molar-refractivity contribution in [3.63, 3.8) is 0 Å². The van der Waals surface area contributed by atoms with Crippen LogP contribution in [0.3, 0.4) is 0 Å². The van der Waals surface area contributed by atoms with Gasteiger partial charge < -0.3 is 14.8 Å². The van der Waals surface area contributed by atoms with Gasteiger partial charge in [0.1, 0.15) is 11.0 Å². The van der Waals surface area contributed by atoms with E-state index in [0.29, 0.717) is 18.1 Å². The quantitative estimate of drug-likeness (QED) is 0.604. The molecule has 3 aromatic rings. The maximum absolute atomic E-state index is 13.2. The first-order valence-corrected chi connectivity index (χ1v) is 12.2. The number of nitrogens with zero attached hydrogens (tertiary/aromatic N) is 4. The van der Waals surface area contributed by atoms with Crippen LogP contribution in [-0.2, 0) is 29.3 Å². The molecule has 3 N–H and O–H groups in total. The number of benzene rings is 1. The smallest absolute Gasteiger partial charge is 0.354 e. The van der Waals surface area contributed by atoms with Crippen LogP contribution in [0.4, 0.5) is 10.5 Å². The highest BCUT2D eigenvalue weighted by Gasteiger charge is 2.29. The fourth-order valence-electron chi connectivity index (χ4n) is 4.32. The molecule has 172 valence electrons. The van der Waals surface area contributed by atoms with Crippen molar-refractivity contribution in [2.45, 2.75) is 43.7 Å². The van der Waals surface area contributed by atoms with Gasteiger partial charge >= 0.3 is 6.03 Å². The largest absolute Gasteiger partial charge is 0.481 e. The Labute approximate surface area is 191 Å². The number of amides is 2. The zero-order valence-electron chi connectivity index (χ0n) is 18.3. The van der Waals surface area contributed by atoms with Crippen molar-refractivity contribution in [3.05, 3.63) is 47.8 Å². The average Bonchev–Trinajstić information content (AvgIpc) is 3.49. The van der Waals surface area contributed by atoms with E-state index < -0.39 is 15.9 Å². The molecule has 33 heavy (non-hydrogen) atoms. The lowest BCUT2D eigenvalue weighted by molar-refractivity contribution is 0.248. The summed E-state index contributed by atoms with van der Waals surface area (Å²) in [6.45, 7) is 2.39. The van der Waals surface area contributed by atoms with E-state index in [1.165, 1.54) is 11.8 Å². The third kappa shape index (κ3) is 3.93. The third-order valence-electron chi connectivity index (χ3n) is 5.81. The number of hydrogen-bond acceptors (Lipinski definition) is 6. The Kier molecular flexibility index (Phi) is 5.29. The van der Waals surface area contributed by atoms with E-state index in [1.54, 1.807) is 24.1 Å². The monoisotopic (exact) mass is 468 g/mol. The van der Waals surface area contributed by atoms with Crippen LogP contribution >= 0.6 is 0 Å². The number of ether oxygens (including phenoxy) is 2. The van der Waals surface area contributed by atoms with Gasteiger partial charge in [-0.25, -0.2) is 23.8 Å². The highest BCUT2D eigenvalue weighted by molar-refractivity contribution is 7.91. The average molecular weight is 469 g/mol. The number of fused-ring (bicyclic) bond motifs is 2. The number of nitrogens with one attached hydrogen (secondary N) is 1. The van der Waals surface area contributed by atoms with Gasteiger partial charge in [-0.05, 0) is 48.9 Å². The van der Waals surface area contributed by atoms with Crippen LogP contribution in [0, 0.1) is 0 Å². The minimum absolute atomic E-state index is 0.111. The van der Waals surface area contributed by atoms with Gasteiger partial charge in [0.25, 0.3) is 0 Å². The first-order valence-electron chi connectivity index (χ1n) is 10.6. The minimum Gasteiger partial charge on any atom is -0.481 e. The maximum atomic E-state index is 13.2. The van der Waals surface area contributed by atoms with Crippen LogP contribution in [-0.4, -0.2) is 38.2 Å². The van der Waals surface area contributed by atoms with E-state index in [9.17, 15) is 9.00 Å². The Bertz CT molecular complexity index is 1380. The molecule has 2 atom stereocenters. The van der Waals surface area contributed by atoms with Gasteiger partial charge in [-0.15, -0.1) is 4.36 Å². The lowest BCUT2D eigenvalue weighted by atomic mass is 9.98. The number of carbonyl (C=O) groups excluding carboxylic acids is 1. The second kappa shape index (κ2) is 8.16. The predicted molar refractivity (Wildman–Crippen MR) is 123 cm³/mol. The van der Waals surface area contributed by atoms with Crippen molar-refractivity contribution >= 4 is 21.6 Å².